The third-order valence-corrected chi connectivity index (χ3v) is 5.27. The van der Waals surface area contributed by atoms with Gasteiger partial charge in [-0.2, -0.15) is 10.4 Å². The van der Waals surface area contributed by atoms with E-state index in [0.29, 0.717) is 31.1 Å². The molecule has 1 fully saturated rings. The Labute approximate surface area is 146 Å². The molecule has 1 aliphatic rings. The van der Waals surface area contributed by atoms with Gasteiger partial charge in [0.2, 0.25) is 0 Å². The smallest absolute Gasteiger partial charge is 0.169 e. The van der Waals surface area contributed by atoms with Gasteiger partial charge in [0.15, 0.2) is 5.82 Å². The summed E-state index contributed by atoms with van der Waals surface area (Å²) in [6.07, 6.45) is 1.49. The van der Waals surface area contributed by atoms with Crippen LogP contribution in [0.25, 0.3) is 0 Å². The molecular weight excluding hydrogens is 322 g/mol. The van der Waals surface area contributed by atoms with Gasteiger partial charge in [0.1, 0.15) is 22.7 Å². The second kappa shape index (κ2) is 7.24. The van der Waals surface area contributed by atoms with Crippen LogP contribution in [0.15, 0.2) is 5.38 Å². The minimum atomic E-state index is -0.0817. The molecule has 7 heteroatoms. The van der Waals surface area contributed by atoms with Gasteiger partial charge in [0, 0.05) is 17.6 Å². The lowest BCUT2D eigenvalue weighted by atomic mass is 10.0. The molecule has 0 bridgehead atoms. The second-order valence-corrected chi connectivity index (χ2v) is 6.67. The van der Waals surface area contributed by atoms with Crippen LogP contribution < -0.4 is 4.90 Å². The molecular formula is C17H21N5OS. The molecule has 0 aliphatic carbocycles. The predicted octanol–water partition coefficient (Wildman–Crippen LogP) is 2.82. The average molecular weight is 343 g/mol. The second-order valence-electron chi connectivity index (χ2n) is 5.78. The molecule has 0 aromatic carbocycles. The largest absolute Gasteiger partial charge is 0.367 e. The third kappa shape index (κ3) is 3.12. The highest BCUT2D eigenvalue weighted by Crippen LogP contribution is 2.30. The first-order chi connectivity index (χ1) is 11.7. The summed E-state index contributed by atoms with van der Waals surface area (Å²) in [6.45, 7) is 8.02. The average Bonchev–Trinajstić information content (AvgIpc) is 3.06. The SMILES string of the molecule is CCc1nnc(N2CCOC(c3nc(C)cs3)C2)c(C#N)c1CC. The van der Waals surface area contributed by atoms with E-state index in [1.54, 1.807) is 11.3 Å². The van der Waals surface area contributed by atoms with E-state index in [1.165, 1.54) is 0 Å². The van der Waals surface area contributed by atoms with Crippen LogP contribution in [-0.2, 0) is 17.6 Å². The number of aromatic nitrogens is 3. The van der Waals surface area contributed by atoms with Crippen molar-refractivity contribution >= 4 is 17.2 Å². The Morgan fingerprint density at radius 1 is 1.38 bits per heavy atom. The topological polar surface area (TPSA) is 74.9 Å². The van der Waals surface area contributed by atoms with Gasteiger partial charge in [0.25, 0.3) is 0 Å². The Morgan fingerprint density at radius 3 is 2.83 bits per heavy atom. The number of nitriles is 1. The molecule has 0 radical (unpaired) electrons. The van der Waals surface area contributed by atoms with Gasteiger partial charge < -0.3 is 9.64 Å². The number of hydrogen-bond acceptors (Lipinski definition) is 7. The van der Waals surface area contributed by atoms with Crippen molar-refractivity contribution in [2.24, 2.45) is 0 Å². The van der Waals surface area contributed by atoms with Crippen LogP contribution in [0.5, 0.6) is 0 Å². The van der Waals surface area contributed by atoms with E-state index in [4.69, 9.17) is 4.74 Å². The summed E-state index contributed by atoms with van der Waals surface area (Å²) < 4.78 is 5.88. The first-order valence-corrected chi connectivity index (χ1v) is 9.12. The Hall–Kier alpha value is -2.04. The summed E-state index contributed by atoms with van der Waals surface area (Å²) in [5.41, 5.74) is 3.59. The van der Waals surface area contributed by atoms with Crippen molar-refractivity contribution in [1.29, 1.82) is 5.26 Å². The highest BCUT2D eigenvalue weighted by atomic mass is 32.1. The van der Waals surface area contributed by atoms with Crippen LogP contribution >= 0.6 is 11.3 Å². The van der Waals surface area contributed by atoms with Gasteiger partial charge >= 0.3 is 0 Å². The number of morpholine rings is 1. The molecule has 0 saturated carbocycles. The summed E-state index contributed by atoms with van der Waals surface area (Å²) in [7, 11) is 0. The fourth-order valence-electron chi connectivity index (χ4n) is 3.01. The Bertz CT molecular complexity index is 767. The Balaban J connectivity index is 1.92. The van der Waals surface area contributed by atoms with Gasteiger partial charge in [0.05, 0.1) is 18.8 Å². The van der Waals surface area contributed by atoms with Gasteiger partial charge in [-0.25, -0.2) is 4.98 Å². The molecule has 1 aliphatic heterocycles. The molecule has 1 unspecified atom stereocenters. The van der Waals surface area contributed by atoms with Crippen LogP contribution in [0.1, 0.15) is 47.5 Å². The van der Waals surface area contributed by atoms with Crippen molar-refractivity contribution < 1.29 is 4.74 Å². The maximum absolute atomic E-state index is 9.68. The molecule has 0 spiro atoms. The number of aryl methyl sites for hydroxylation is 2. The molecule has 3 rings (SSSR count). The quantitative estimate of drug-likeness (QED) is 0.850. The number of ether oxygens (including phenoxy) is 1. The molecule has 1 atom stereocenters. The van der Waals surface area contributed by atoms with Crippen molar-refractivity contribution in [3.63, 3.8) is 0 Å². The van der Waals surface area contributed by atoms with Crippen molar-refractivity contribution in [3.8, 4) is 6.07 Å². The molecule has 1 saturated heterocycles. The molecule has 0 amide bonds. The number of anilines is 1. The standard InChI is InChI=1S/C17H21N5OS/c1-4-12-13(8-18)16(21-20-14(12)5-2)22-6-7-23-15(9-22)17-19-11(3)10-24-17/h10,15H,4-7,9H2,1-3H3. The minimum absolute atomic E-state index is 0.0817. The van der Waals surface area contributed by atoms with Crippen LogP contribution in [0.4, 0.5) is 5.82 Å². The lowest BCUT2D eigenvalue weighted by Gasteiger charge is -2.33. The number of hydrogen-bond donors (Lipinski definition) is 0. The highest BCUT2D eigenvalue weighted by molar-refractivity contribution is 7.09. The molecule has 24 heavy (non-hydrogen) atoms. The van der Waals surface area contributed by atoms with Crippen LogP contribution in [0, 0.1) is 18.3 Å². The van der Waals surface area contributed by atoms with E-state index < -0.39 is 0 Å². The maximum Gasteiger partial charge on any atom is 0.169 e. The summed E-state index contributed by atoms with van der Waals surface area (Å²) in [4.78, 5) is 6.64. The summed E-state index contributed by atoms with van der Waals surface area (Å²) >= 11 is 1.61. The first-order valence-electron chi connectivity index (χ1n) is 8.25. The number of rotatable bonds is 4. The molecule has 2 aromatic heterocycles. The summed E-state index contributed by atoms with van der Waals surface area (Å²) in [5, 5.41) is 21.4. The molecule has 126 valence electrons. The molecule has 3 heterocycles. The maximum atomic E-state index is 9.68. The fraction of sp³-hybridized carbons (Fsp3) is 0.529. The van der Waals surface area contributed by atoms with E-state index in [1.807, 2.05) is 19.2 Å². The van der Waals surface area contributed by atoms with E-state index in [2.05, 4.69) is 33.1 Å². The number of nitrogens with zero attached hydrogens (tertiary/aromatic N) is 5. The van der Waals surface area contributed by atoms with Crippen LogP contribution in [0.3, 0.4) is 0 Å². The fourth-order valence-corrected chi connectivity index (χ4v) is 3.85. The van der Waals surface area contributed by atoms with Crippen molar-refractivity contribution in [2.75, 3.05) is 24.6 Å². The van der Waals surface area contributed by atoms with Crippen molar-refractivity contribution in [3.05, 3.63) is 32.9 Å². The van der Waals surface area contributed by atoms with E-state index in [-0.39, 0.29) is 6.10 Å². The molecule has 2 aromatic rings. The van der Waals surface area contributed by atoms with Gasteiger partial charge in [-0.1, -0.05) is 13.8 Å². The highest BCUT2D eigenvalue weighted by Gasteiger charge is 2.28. The Kier molecular flexibility index (Phi) is 5.07. The van der Waals surface area contributed by atoms with E-state index in [0.717, 1.165) is 34.8 Å². The Morgan fingerprint density at radius 2 is 2.21 bits per heavy atom. The van der Waals surface area contributed by atoms with Gasteiger partial charge in [-0.3, -0.25) is 0 Å². The first kappa shape index (κ1) is 16.8. The zero-order valence-electron chi connectivity index (χ0n) is 14.2. The minimum Gasteiger partial charge on any atom is -0.367 e. The lowest BCUT2D eigenvalue weighted by Crippen LogP contribution is -2.39. The zero-order valence-corrected chi connectivity index (χ0v) is 15.1. The number of thiazole rings is 1. The summed E-state index contributed by atoms with van der Waals surface area (Å²) in [6, 6.07) is 2.35. The monoisotopic (exact) mass is 343 g/mol. The zero-order chi connectivity index (χ0) is 17.1. The van der Waals surface area contributed by atoms with E-state index in [9.17, 15) is 5.26 Å². The normalized spacial score (nSPS) is 17.8. The van der Waals surface area contributed by atoms with Crippen LogP contribution in [-0.4, -0.2) is 34.9 Å². The van der Waals surface area contributed by atoms with E-state index >= 15 is 0 Å². The van der Waals surface area contributed by atoms with Gasteiger partial charge in [-0.15, -0.1) is 16.4 Å². The van der Waals surface area contributed by atoms with Crippen molar-refractivity contribution in [1.82, 2.24) is 15.2 Å². The molecule has 6 nitrogen and oxygen atoms in total. The predicted molar refractivity (Wildman–Crippen MR) is 93.3 cm³/mol. The van der Waals surface area contributed by atoms with Crippen molar-refractivity contribution in [2.45, 2.75) is 39.7 Å². The summed E-state index contributed by atoms with van der Waals surface area (Å²) in [5.74, 6) is 0.674. The molecule has 0 N–H and O–H groups in total. The van der Waals surface area contributed by atoms with Gasteiger partial charge in [-0.05, 0) is 25.3 Å². The lowest BCUT2D eigenvalue weighted by molar-refractivity contribution is 0.0392. The van der Waals surface area contributed by atoms with Crippen LogP contribution in [0.2, 0.25) is 0 Å². The third-order valence-electron chi connectivity index (χ3n) is 4.22.